The van der Waals surface area contributed by atoms with Crippen LogP contribution >= 0.6 is 23.2 Å². The molecular weight excluding hydrogens is 464 g/mol. The monoisotopic (exact) mass is 476 g/mol. The van der Waals surface area contributed by atoms with Crippen molar-refractivity contribution in [2.45, 2.75) is 22.9 Å². The number of ether oxygens (including phenoxy) is 1. The van der Waals surface area contributed by atoms with Crippen LogP contribution in [0.5, 0.6) is 17.2 Å². The minimum absolute atomic E-state index is 0.00843. The Morgan fingerprint density at radius 2 is 1.50 bits per heavy atom. The summed E-state index contributed by atoms with van der Waals surface area (Å²) in [6.07, 6.45) is -4.64. The number of benzene rings is 3. The molecule has 0 saturated heterocycles. The van der Waals surface area contributed by atoms with Crippen molar-refractivity contribution in [3.63, 3.8) is 0 Å². The molecule has 1 N–H and O–H groups in total. The molecule has 0 aliphatic carbocycles. The Kier molecular flexibility index (Phi) is 5.95. The molecule has 3 aromatic rings. The quantitative estimate of drug-likeness (QED) is 0.457. The lowest BCUT2D eigenvalue weighted by molar-refractivity contribution is -0.137. The van der Waals surface area contributed by atoms with Gasteiger partial charge < -0.3 is 9.84 Å². The summed E-state index contributed by atoms with van der Waals surface area (Å²) in [6.45, 7) is 1.80. The summed E-state index contributed by atoms with van der Waals surface area (Å²) in [5, 5.41) is 9.44. The average molecular weight is 477 g/mol. The predicted molar refractivity (Wildman–Crippen MR) is 106 cm³/mol. The number of hydrogen-bond donors (Lipinski definition) is 1. The molecule has 4 nitrogen and oxygen atoms in total. The first-order valence-electron chi connectivity index (χ1n) is 8.28. The van der Waals surface area contributed by atoms with E-state index in [9.17, 15) is 26.7 Å². The normalized spacial score (nSPS) is 12.1. The fourth-order valence-corrected chi connectivity index (χ4v) is 4.47. The van der Waals surface area contributed by atoms with Crippen molar-refractivity contribution in [3.05, 3.63) is 75.8 Å². The van der Waals surface area contributed by atoms with E-state index in [4.69, 9.17) is 27.9 Å². The van der Waals surface area contributed by atoms with Crippen LogP contribution in [0.3, 0.4) is 0 Å². The van der Waals surface area contributed by atoms with Crippen molar-refractivity contribution in [2.24, 2.45) is 0 Å². The Morgan fingerprint density at radius 1 is 0.933 bits per heavy atom. The highest BCUT2D eigenvalue weighted by atomic mass is 35.5. The van der Waals surface area contributed by atoms with E-state index in [1.807, 2.05) is 0 Å². The van der Waals surface area contributed by atoms with E-state index in [0.717, 1.165) is 17.7 Å². The van der Waals surface area contributed by atoms with Crippen LogP contribution in [0.4, 0.5) is 13.2 Å². The van der Waals surface area contributed by atoms with Gasteiger partial charge in [-0.15, -0.1) is 0 Å². The zero-order valence-electron chi connectivity index (χ0n) is 15.2. The second-order valence-corrected chi connectivity index (χ2v) is 9.05. The summed E-state index contributed by atoms with van der Waals surface area (Å²) in [6, 6.07) is 10.7. The lowest BCUT2D eigenvalue weighted by Gasteiger charge is -2.14. The molecule has 0 radical (unpaired) electrons. The number of aromatic hydroxyl groups is 1. The maximum atomic E-state index is 12.8. The third kappa shape index (κ3) is 4.50. The first kappa shape index (κ1) is 22.3. The minimum atomic E-state index is -4.64. The number of hydrogen-bond acceptors (Lipinski definition) is 4. The van der Waals surface area contributed by atoms with E-state index in [0.29, 0.717) is 12.1 Å². The van der Waals surface area contributed by atoms with Crippen LogP contribution in [-0.2, 0) is 16.0 Å². The highest BCUT2D eigenvalue weighted by Crippen LogP contribution is 2.42. The van der Waals surface area contributed by atoms with Gasteiger partial charge in [0.15, 0.2) is 5.75 Å². The van der Waals surface area contributed by atoms with Crippen LogP contribution < -0.4 is 4.74 Å². The van der Waals surface area contributed by atoms with Gasteiger partial charge in [-0.05, 0) is 43.3 Å². The summed E-state index contributed by atoms with van der Waals surface area (Å²) in [7, 11) is -4.00. The predicted octanol–water partition coefficient (Wildman–Crippen LogP) is 6.65. The molecule has 0 aliphatic heterocycles. The molecular formula is C20H13Cl2F3O4S. The Balaban J connectivity index is 1.94. The topological polar surface area (TPSA) is 63.6 Å². The highest BCUT2D eigenvalue weighted by Gasteiger charge is 2.32. The van der Waals surface area contributed by atoms with Crippen LogP contribution in [0.15, 0.2) is 64.4 Å². The van der Waals surface area contributed by atoms with Gasteiger partial charge in [-0.3, -0.25) is 0 Å². The van der Waals surface area contributed by atoms with Crippen molar-refractivity contribution in [1.29, 1.82) is 0 Å². The number of phenolic OH excluding ortho intramolecular Hbond substituents is 1. The minimum Gasteiger partial charge on any atom is -0.506 e. The van der Waals surface area contributed by atoms with Crippen molar-refractivity contribution < 1.29 is 31.4 Å². The second kappa shape index (κ2) is 8.02. The van der Waals surface area contributed by atoms with Gasteiger partial charge in [-0.1, -0.05) is 40.9 Å². The molecule has 0 saturated carbocycles. The van der Waals surface area contributed by atoms with E-state index >= 15 is 0 Å². The molecule has 0 atom stereocenters. The molecule has 0 bridgehead atoms. The van der Waals surface area contributed by atoms with Crippen LogP contribution in [0, 0.1) is 6.92 Å². The number of rotatable bonds is 4. The van der Waals surface area contributed by atoms with Gasteiger partial charge >= 0.3 is 6.18 Å². The van der Waals surface area contributed by atoms with Gasteiger partial charge in [0, 0.05) is 6.07 Å². The molecule has 3 aromatic carbocycles. The summed E-state index contributed by atoms with van der Waals surface area (Å²) in [5.74, 6) is -0.939. The Morgan fingerprint density at radius 3 is 2.00 bits per heavy atom. The van der Waals surface area contributed by atoms with Gasteiger partial charge in [-0.25, -0.2) is 8.42 Å². The number of halogens is 5. The van der Waals surface area contributed by atoms with Gasteiger partial charge in [0.2, 0.25) is 9.84 Å². The van der Waals surface area contributed by atoms with Gasteiger partial charge in [0.05, 0.1) is 20.5 Å². The van der Waals surface area contributed by atoms with Crippen LogP contribution in [-0.4, -0.2) is 13.5 Å². The van der Waals surface area contributed by atoms with Crippen molar-refractivity contribution >= 4 is 33.0 Å². The van der Waals surface area contributed by atoms with E-state index in [1.165, 1.54) is 18.2 Å². The molecule has 0 heterocycles. The molecule has 0 spiro atoms. The van der Waals surface area contributed by atoms with Crippen molar-refractivity contribution in [1.82, 2.24) is 0 Å². The number of sulfone groups is 1. The zero-order chi connectivity index (χ0) is 22.3. The number of aryl methyl sites for hydroxylation is 1. The first-order valence-corrected chi connectivity index (χ1v) is 10.5. The van der Waals surface area contributed by atoms with Crippen LogP contribution in [0.25, 0.3) is 0 Å². The van der Waals surface area contributed by atoms with E-state index in [2.05, 4.69) is 0 Å². The smallest absolute Gasteiger partial charge is 0.416 e. The molecule has 0 aliphatic rings. The first-order chi connectivity index (χ1) is 13.9. The number of alkyl halides is 3. The fourth-order valence-electron chi connectivity index (χ4n) is 2.57. The van der Waals surface area contributed by atoms with Gasteiger partial charge in [0.1, 0.15) is 16.4 Å². The second-order valence-electron chi connectivity index (χ2n) is 6.31. The van der Waals surface area contributed by atoms with E-state index in [1.54, 1.807) is 19.1 Å². The Bertz CT molecular complexity index is 1180. The highest BCUT2D eigenvalue weighted by molar-refractivity contribution is 7.91. The maximum absolute atomic E-state index is 12.8. The number of phenols is 1. The maximum Gasteiger partial charge on any atom is 0.416 e. The van der Waals surface area contributed by atoms with Gasteiger partial charge in [0.25, 0.3) is 0 Å². The molecule has 0 aromatic heterocycles. The zero-order valence-corrected chi connectivity index (χ0v) is 17.5. The fraction of sp³-hybridized carbons (Fsp3) is 0.100. The standard InChI is InChI=1S/C20H13Cl2F3O4S/c1-11-2-5-14(6-3-11)30(27,28)18-7-4-13(10-17(18)26)29-19-15(21)8-12(9-16(19)22)20(23,24)25/h2-10,26H,1H3. The molecule has 30 heavy (non-hydrogen) atoms. The SMILES string of the molecule is Cc1ccc(S(=O)(=O)c2ccc(Oc3c(Cl)cc(C(F)(F)F)cc3Cl)cc2O)cc1. The average Bonchev–Trinajstić information content (AvgIpc) is 2.64. The van der Waals surface area contributed by atoms with Crippen molar-refractivity contribution in [3.8, 4) is 17.2 Å². The molecule has 158 valence electrons. The third-order valence-electron chi connectivity index (χ3n) is 4.10. The lowest BCUT2D eigenvalue weighted by Crippen LogP contribution is -2.05. The summed E-state index contributed by atoms with van der Waals surface area (Å²) in [5.41, 5.74) is -0.181. The summed E-state index contributed by atoms with van der Waals surface area (Å²) < 4.78 is 69.3. The van der Waals surface area contributed by atoms with Crippen molar-refractivity contribution in [2.75, 3.05) is 0 Å². The van der Waals surface area contributed by atoms with Gasteiger partial charge in [-0.2, -0.15) is 13.2 Å². The van der Waals surface area contributed by atoms with E-state index in [-0.39, 0.29) is 21.3 Å². The van der Waals surface area contributed by atoms with Crippen LogP contribution in [0.1, 0.15) is 11.1 Å². The third-order valence-corrected chi connectivity index (χ3v) is 6.48. The summed E-state index contributed by atoms with van der Waals surface area (Å²) >= 11 is 11.7. The Labute approximate surface area is 180 Å². The molecule has 10 heteroatoms. The van der Waals surface area contributed by atoms with E-state index < -0.39 is 37.4 Å². The Hall–Kier alpha value is -2.42. The molecule has 0 unspecified atom stereocenters. The summed E-state index contributed by atoms with van der Waals surface area (Å²) in [4.78, 5) is -0.366. The molecule has 0 fully saturated rings. The molecule has 3 rings (SSSR count). The molecule has 0 amide bonds. The van der Waals surface area contributed by atoms with Crippen LogP contribution in [0.2, 0.25) is 10.0 Å². The lowest BCUT2D eigenvalue weighted by atomic mass is 10.2. The largest absolute Gasteiger partial charge is 0.506 e.